The molecule has 3 atom stereocenters. The van der Waals surface area contributed by atoms with Crippen LogP contribution in [0.25, 0.3) is 0 Å². The van der Waals surface area contributed by atoms with E-state index in [4.69, 9.17) is 5.84 Å². The molecule has 2 aliphatic rings. The van der Waals surface area contributed by atoms with E-state index in [0.29, 0.717) is 0 Å². The molecule has 2 N–H and O–H groups in total. The fourth-order valence-electron chi connectivity index (χ4n) is 1.19. The van der Waals surface area contributed by atoms with Crippen LogP contribution in [0.4, 0.5) is 0 Å². The highest BCUT2D eigenvalue weighted by Crippen LogP contribution is 2.45. The normalized spacial score (nSPS) is 61.9. The van der Waals surface area contributed by atoms with Gasteiger partial charge in [-0.3, -0.25) is 10.7 Å². The Labute approximate surface area is 48.4 Å². The van der Waals surface area contributed by atoms with Crippen molar-refractivity contribution in [2.75, 3.05) is 13.7 Å². The lowest BCUT2D eigenvalue weighted by Crippen LogP contribution is -2.49. The van der Waals surface area contributed by atoms with Gasteiger partial charge in [0.15, 0.2) is 5.79 Å². The zero-order valence-electron chi connectivity index (χ0n) is 5.13. The summed E-state index contributed by atoms with van der Waals surface area (Å²) < 4.78 is 0. The minimum Gasteiger partial charge on any atom is -0.258 e. The molecule has 2 saturated heterocycles. The standard InChI is InChI=1S/C4H10N4/c1-4-6(2)3-7(4)8(4)5/h3,5H2,1-2H3/t4-,7?,8?/m1/s1. The first-order chi connectivity index (χ1) is 3.67. The van der Waals surface area contributed by atoms with Crippen LogP contribution >= 0.6 is 0 Å². The van der Waals surface area contributed by atoms with Crippen molar-refractivity contribution in [1.29, 1.82) is 0 Å². The largest absolute Gasteiger partial charge is 0.258 e. The number of hydrazine groups is 2. The smallest absolute Gasteiger partial charge is 0.171 e. The highest BCUT2D eigenvalue weighted by molar-refractivity contribution is 5.00. The fourth-order valence-corrected chi connectivity index (χ4v) is 1.19. The van der Waals surface area contributed by atoms with E-state index < -0.39 is 0 Å². The fraction of sp³-hybridized carbons (Fsp3) is 1.00. The van der Waals surface area contributed by atoms with Crippen molar-refractivity contribution in [3.05, 3.63) is 0 Å². The van der Waals surface area contributed by atoms with Crippen LogP contribution in [0.2, 0.25) is 0 Å². The van der Waals surface area contributed by atoms with Crippen molar-refractivity contribution >= 4 is 0 Å². The Balaban J connectivity index is 2.18. The molecule has 2 rings (SSSR count). The van der Waals surface area contributed by atoms with Gasteiger partial charge in [-0.05, 0) is 14.0 Å². The first kappa shape index (κ1) is 4.69. The number of hydrogen-bond acceptors (Lipinski definition) is 4. The molecule has 2 unspecified atom stereocenters. The Kier molecular flexibility index (Phi) is 0.546. The molecule has 0 radical (unpaired) electrons. The zero-order valence-corrected chi connectivity index (χ0v) is 5.13. The molecule has 0 aromatic carbocycles. The maximum absolute atomic E-state index is 5.51. The maximum Gasteiger partial charge on any atom is 0.171 e. The van der Waals surface area contributed by atoms with E-state index in [1.807, 2.05) is 0 Å². The van der Waals surface area contributed by atoms with Gasteiger partial charge in [0, 0.05) is 0 Å². The highest BCUT2D eigenvalue weighted by Gasteiger charge is 2.67. The predicted molar refractivity (Wildman–Crippen MR) is 28.9 cm³/mol. The van der Waals surface area contributed by atoms with Crippen molar-refractivity contribution in [1.82, 2.24) is 15.0 Å². The van der Waals surface area contributed by atoms with E-state index in [0.717, 1.165) is 6.67 Å². The summed E-state index contributed by atoms with van der Waals surface area (Å²) in [5.41, 5.74) is 0. The van der Waals surface area contributed by atoms with Gasteiger partial charge in [0.05, 0.1) is 6.67 Å². The second-order valence-corrected chi connectivity index (χ2v) is 2.55. The Morgan fingerprint density at radius 3 is 2.25 bits per heavy atom. The summed E-state index contributed by atoms with van der Waals surface area (Å²) in [6, 6.07) is 0. The molecule has 46 valence electrons. The van der Waals surface area contributed by atoms with E-state index in [1.165, 1.54) is 0 Å². The van der Waals surface area contributed by atoms with E-state index in [-0.39, 0.29) is 5.79 Å². The monoisotopic (exact) mass is 114 g/mol. The van der Waals surface area contributed by atoms with E-state index in [2.05, 4.69) is 23.9 Å². The average Bonchev–Trinajstić information content (AvgIpc) is 2.15. The Morgan fingerprint density at radius 1 is 1.62 bits per heavy atom. The molecule has 0 spiro atoms. The maximum atomic E-state index is 5.51. The van der Waals surface area contributed by atoms with Crippen molar-refractivity contribution < 1.29 is 0 Å². The van der Waals surface area contributed by atoms with Crippen LogP contribution in [0.5, 0.6) is 0 Å². The molecule has 4 heteroatoms. The van der Waals surface area contributed by atoms with Crippen LogP contribution in [0.15, 0.2) is 0 Å². The SMILES string of the molecule is CN1CN2N(N)[C@]12C. The second kappa shape index (κ2) is 0.930. The second-order valence-electron chi connectivity index (χ2n) is 2.55. The first-order valence-electron chi connectivity index (χ1n) is 2.71. The number of nitrogens with zero attached hydrogens (tertiary/aromatic N) is 3. The summed E-state index contributed by atoms with van der Waals surface area (Å²) in [5.74, 6) is 5.60. The van der Waals surface area contributed by atoms with Gasteiger partial charge in [0.1, 0.15) is 0 Å². The van der Waals surface area contributed by atoms with Crippen molar-refractivity contribution in [3.8, 4) is 0 Å². The van der Waals surface area contributed by atoms with Gasteiger partial charge in [0.2, 0.25) is 0 Å². The molecule has 2 heterocycles. The summed E-state index contributed by atoms with van der Waals surface area (Å²) in [4.78, 5) is 2.19. The molecule has 0 aliphatic carbocycles. The molecule has 0 aromatic heterocycles. The van der Waals surface area contributed by atoms with Gasteiger partial charge in [-0.2, -0.15) is 5.01 Å². The van der Waals surface area contributed by atoms with Crippen molar-refractivity contribution in [2.45, 2.75) is 12.7 Å². The zero-order chi connectivity index (χ0) is 5.94. The van der Waals surface area contributed by atoms with Crippen molar-refractivity contribution in [2.24, 2.45) is 5.84 Å². The predicted octanol–water partition coefficient (Wildman–Crippen LogP) is -1.03. The van der Waals surface area contributed by atoms with Crippen LogP contribution in [-0.4, -0.2) is 34.5 Å². The molecule has 0 amide bonds. The molecule has 4 nitrogen and oxygen atoms in total. The number of fused-ring (bicyclic) bond motifs is 1. The van der Waals surface area contributed by atoms with Crippen LogP contribution in [0.1, 0.15) is 6.92 Å². The third-order valence-corrected chi connectivity index (χ3v) is 2.21. The van der Waals surface area contributed by atoms with Crippen LogP contribution < -0.4 is 5.84 Å². The van der Waals surface area contributed by atoms with Crippen LogP contribution in [-0.2, 0) is 0 Å². The summed E-state index contributed by atoms with van der Waals surface area (Å²) in [7, 11) is 2.06. The van der Waals surface area contributed by atoms with Gasteiger partial charge in [-0.25, -0.2) is 0 Å². The Morgan fingerprint density at radius 2 is 2.25 bits per heavy atom. The first-order valence-corrected chi connectivity index (χ1v) is 2.71. The number of nitrogens with two attached hydrogens (primary N) is 1. The number of rotatable bonds is 0. The molecule has 2 fully saturated rings. The van der Waals surface area contributed by atoms with E-state index in [1.54, 1.807) is 5.12 Å². The highest BCUT2D eigenvalue weighted by atomic mass is 16.1. The Bertz CT molecular complexity index is 120. The minimum absolute atomic E-state index is 0.0833. The lowest BCUT2D eigenvalue weighted by Gasteiger charge is -2.30. The third-order valence-electron chi connectivity index (χ3n) is 2.21. The molecular weight excluding hydrogens is 104 g/mol. The average molecular weight is 114 g/mol. The summed E-state index contributed by atoms with van der Waals surface area (Å²) in [6.07, 6.45) is 0. The molecule has 8 heavy (non-hydrogen) atoms. The van der Waals surface area contributed by atoms with Crippen LogP contribution in [0.3, 0.4) is 0 Å². The number of hydrogen-bond donors (Lipinski definition) is 1. The van der Waals surface area contributed by atoms with Crippen LogP contribution in [0, 0.1) is 0 Å². The van der Waals surface area contributed by atoms with Crippen molar-refractivity contribution in [3.63, 3.8) is 0 Å². The van der Waals surface area contributed by atoms with E-state index >= 15 is 0 Å². The summed E-state index contributed by atoms with van der Waals surface area (Å²) in [5, 5.41) is 3.83. The summed E-state index contributed by atoms with van der Waals surface area (Å²) >= 11 is 0. The van der Waals surface area contributed by atoms with Gasteiger partial charge in [-0.15, -0.1) is 5.12 Å². The molecule has 0 bridgehead atoms. The third kappa shape index (κ3) is 0.241. The van der Waals surface area contributed by atoms with Gasteiger partial charge >= 0.3 is 0 Å². The molecule has 0 saturated carbocycles. The summed E-state index contributed by atoms with van der Waals surface area (Å²) in [6.45, 7) is 3.07. The van der Waals surface area contributed by atoms with E-state index in [9.17, 15) is 0 Å². The lowest BCUT2D eigenvalue weighted by molar-refractivity contribution is 0.0307. The molecule has 2 aliphatic heterocycles. The quantitative estimate of drug-likeness (QED) is 0.322. The topological polar surface area (TPSA) is 35.3 Å². The Hall–Kier alpha value is -0.160. The minimum atomic E-state index is 0.0833. The van der Waals surface area contributed by atoms with Gasteiger partial charge in [-0.1, -0.05) is 0 Å². The van der Waals surface area contributed by atoms with Gasteiger partial charge in [0.25, 0.3) is 0 Å². The lowest BCUT2D eigenvalue weighted by atomic mass is 10.4. The van der Waals surface area contributed by atoms with Gasteiger partial charge < -0.3 is 0 Å². The molecule has 0 aromatic rings. The molecular formula is C4H10N4.